The zero-order valence-electron chi connectivity index (χ0n) is 10.3. The van der Waals surface area contributed by atoms with E-state index >= 15 is 0 Å². The van der Waals surface area contributed by atoms with E-state index in [9.17, 15) is 0 Å². The van der Waals surface area contributed by atoms with Crippen molar-refractivity contribution in [2.45, 2.75) is 19.3 Å². The molecule has 3 rings (SSSR count). The van der Waals surface area contributed by atoms with Crippen LogP contribution in [0.15, 0.2) is 60.7 Å². The number of hydrogen-bond donors (Lipinski definition) is 0. The van der Waals surface area contributed by atoms with Gasteiger partial charge in [0.1, 0.15) is 0 Å². The topological polar surface area (TPSA) is 0 Å². The molecule has 3 aromatic rings. The number of hydrogen-bond acceptors (Lipinski definition) is 1. The van der Waals surface area contributed by atoms with Crippen molar-refractivity contribution in [2.75, 3.05) is 0 Å². The Hall–Kier alpha value is -1.60. The van der Waals surface area contributed by atoms with E-state index in [4.69, 9.17) is 0 Å². The van der Waals surface area contributed by atoms with Crippen LogP contribution in [-0.4, -0.2) is 0 Å². The van der Waals surface area contributed by atoms with Gasteiger partial charge >= 0.3 is 0 Å². The Bertz CT molecular complexity index is 589. The van der Waals surface area contributed by atoms with Crippen molar-refractivity contribution >= 4 is 21.4 Å². The van der Waals surface area contributed by atoms with Crippen molar-refractivity contribution in [3.8, 4) is 0 Å². The predicted molar refractivity (Wildman–Crippen MR) is 80.3 cm³/mol. The van der Waals surface area contributed by atoms with Crippen LogP contribution in [0, 0.1) is 0 Å². The molecule has 2 aromatic carbocycles. The van der Waals surface area contributed by atoms with Gasteiger partial charge in [0.05, 0.1) is 0 Å². The Kier molecular flexibility index (Phi) is 3.42. The van der Waals surface area contributed by atoms with Crippen LogP contribution in [0.1, 0.15) is 16.9 Å². The van der Waals surface area contributed by atoms with Crippen LogP contribution in [0.4, 0.5) is 0 Å². The van der Waals surface area contributed by atoms with E-state index in [2.05, 4.69) is 60.7 Å². The molecule has 0 fully saturated rings. The molecule has 0 amide bonds. The smallest absolute Gasteiger partial charge is 0.0345 e. The van der Waals surface area contributed by atoms with Gasteiger partial charge < -0.3 is 0 Å². The summed E-state index contributed by atoms with van der Waals surface area (Å²) in [6, 6.07) is 21.7. The lowest BCUT2D eigenvalue weighted by Gasteiger charge is -1.99. The maximum Gasteiger partial charge on any atom is 0.0345 e. The standard InChI is InChI=1S/C17H16S/c1-2-7-14(8-3-1)9-6-11-16-13-15-10-4-5-12-17(15)18-16/h1-5,7-8,10,12-13H,6,9,11H2. The molecule has 0 saturated carbocycles. The van der Waals surface area contributed by atoms with Crippen molar-refractivity contribution in [1.29, 1.82) is 0 Å². The van der Waals surface area contributed by atoms with Crippen LogP contribution in [-0.2, 0) is 12.8 Å². The molecule has 1 aromatic heterocycles. The molecule has 0 atom stereocenters. The second-order valence-electron chi connectivity index (χ2n) is 4.59. The van der Waals surface area contributed by atoms with Crippen molar-refractivity contribution in [2.24, 2.45) is 0 Å². The summed E-state index contributed by atoms with van der Waals surface area (Å²) in [7, 11) is 0. The van der Waals surface area contributed by atoms with E-state index in [1.807, 2.05) is 11.3 Å². The molecule has 0 unspecified atom stereocenters. The zero-order chi connectivity index (χ0) is 12.2. The largest absolute Gasteiger partial charge is 0.140 e. The van der Waals surface area contributed by atoms with E-state index in [0.717, 1.165) is 0 Å². The van der Waals surface area contributed by atoms with Gasteiger partial charge in [-0.2, -0.15) is 0 Å². The van der Waals surface area contributed by atoms with E-state index in [-0.39, 0.29) is 0 Å². The second kappa shape index (κ2) is 5.36. The summed E-state index contributed by atoms with van der Waals surface area (Å²) in [5, 5.41) is 1.39. The lowest BCUT2D eigenvalue weighted by atomic mass is 10.1. The van der Waals surface area contributed by atoms with Gasteiger partial charge in [-0.05, 0) is 42.3 Å². The van der Waals surface area contributed by atoms with Crippen LogP contribution in [0.25, 0.3) is 10.1 Å². The highest BCUT2D eigenvalue weighted by atomic mass is 32.1. The molecular weight excluding hydrogens is 236 g/mol. The van der Waals surface area contributed by atoms with Gasteiger partial charge in [0.2, 0.25) is 0 Å². The molecule has 90 valence electrons. The Morgan fingerprint density at radius 3 is 2.39 bits per heavy atom. The average Bonchev–Trinajstić information content (AvgIpc) is 2.82. The third kappa shape index (κ3) is 2.62. The molecule has 0 aliphatic heterocycles. The molecule has 18 heavy (non-hydrogen) atoms. The first kappa shape index (κ1) is 11.5. The molecule has 0 aliphatic carbocycles. The number of benzene rings is 2. The first-order chi connectivity index (χ1) is 8.92. The average molecular weight is 252 g/mol. The van der Waals surface area contributed by atoms with Gasteiger partial charge in [-0.15, -0.1) is 11.3 Å². The molecule has 0 radical (unpaired) electrons. The maximum absolute atomic E-state index is 2.34. The minimum Gasteiger partial charge on any atom is -0.140 e. The first-order valence-corrected chi connectivity index (χ1v) is 7.25. The fourth-order valence-corrected chi connectivity index (χ4v) is 3.38. The fraction of sp³-hybridized carbons (Fsp3) is 0.176. The second-order valence-corrected chi connectivity index (χ2v) is 5.76. The zero-order valence-corrected chi connectivity index (χ0v) is 11.1. The van der Waals surface area contributed by atoms with Crippen LogP contribution < -0.4 is 0 Å². The molecule has 0 nitrogen and oxygen atoms in total. The molecule has 0 bridgehead atoms. The SMILES string of the molecule is c1ccc(CCCc2cc3ccccc3s2)cc1. The summed E-state index contributed by atoms with van der Waals surface area (Å²) in [6.07, 6.45) is 3.60. The van der Waals surface area contributed by atoms with Gasteiger partial charge in [-0.25, -0.2) is 0 Å². The Morgan fingerprint density at radius 1 is 0.778 bits per heavy atom. The van der Waals surface area contributed by atoms with E-state index in [1.54, 1.807) is 0 Å². The molecular formula is C17H16S. The highest BCUT2D eigenvalue weighted by Gasteiger charge is 2.01. The number of aryl methyl sites for hydroxylation is 2. The van der Waals surface area contributed by atoms with Crippen LogP contribution >= 0.6 is 11.3 Å². The highest BCUT2D eigenvalue weighted by molar-refractivity contribution is 7.19. The molecule has 1 heterocycles. The molecule has 0 N–H and O–H groups in total. The van der Waals surface area contributed by atoms with Crippen molar-refractivity contribution in [3.63, 3.8) is 0 Å². The Balaban J connectivity index is 1.63. The first-order valence-electron chi connectivity index (χ1n) is 6.43. The quantitative estimate of drug-likeness (QED) is 0.607. The Morgan fingerprint density at radius 2 is 1.56 bits per heavy atom. The summed E-state index contributed by atoms with van der Waals surface area (Å²) >= 11 is 1.93. The lowest BCUT2D eigenvalue weighted by Crippen LogP contribution is -1.87. The van der Waals surface area contributed by atoms with E-state index in [0.29, 0.717) is 0 Å². The minimum atomic E-state index is 1.18. The van der Waals surface area contributed by atoms with Crippen molar-refractivity contribution in [3.05, 3.63) is 71.1 Å². The molecule has 1 heteroatoms. The lowest BCUT2D eigenvalue weighted by molar-refractivity contribution is 0.831. The van der Waals surface area contributed by atoms with Gasteiger partial charge in [0.25, 0.3) is 0 Å². The molecule has 0 saturated heterocycles. The van der Waals surface area contributed by atoms with Gasteiger partial charge in [-0.3, -0.25) is 0 Å². The molecule has 0 spiro atoms. The highest BCUT2D eigenvalue weighted by Crippen LogP contribution is 2.26. The molecule has 0 aliphatic rings. The fourth-order valence-electron chi connectivity index (χ4n) is 2.27. The summed E-state index contributed by atoms with van der Waals surface area (Å²) in [5.41, 5.74) is 1.44. The van der Waals surface area contributed by atoms with Gasteiger partial charge in [0.15, 0.2) is 0 Å². The number of rotatable bonds is 4. The maximum atomic E-state index is 2.34. The van der Waals surface area contributed by atoms with E-state index < -0.39 is 0 Å². The normalized spacial score (nSPS) is 10.9. The summed E-state index contributed by atoms with van der Waals surface area (Å²) in [6.45, 7) is 0. The van der Waals surface area contributed by atoms with Crippen LogP contribution in [0.5, 0.6) is 0 Å². The summed E-state index contributed by atoms with van der Waals surface area (Å²) in [4.78, 5) is 1.51. The van der Waals surface area contributed by atoms with Crippen LogP contribution in [0.3, 0.4) is 0 Å². The van der Waals surface area contributed by atoms with E-state index in [1.165, 1.54) is 39.8 Å². The van der Waals surface area contributed by atoms with Crippen molar-refractivity contribution < 1.29 is 0 Å². The Labute approximate surface area is 112 Å². The van der Waals surface area contributed by atoms with Crippen molar-refractivity contribution in [1.82, 2.24) is 0 Å². The third-order valence-electron chi connectivity index (χ3n) is 3.21. The van der Waals surface area contributed by atoms with Crippen LogP contribution in [0.2, 0.25) is 0 Å². The number of fused-ring (bicyclic) bond motifs is 1. The predicted octanol–water partition coefficient (Wildman–Crippen LogP) is 5.08. The summed E-state index contributed by atoms with van der Waals surface area (Å²) in [5.74, 6) is 0. The third-order valence-corrected chi connectivity index (χ3v) is 4.38. The van der Waals surface area contributed by atoms with Gasteiger partial charge in [0, 0.05) is 9.58 Å². The monoisotopic (exact) mass is 252 g/mol. The minimum absolute atomic E-state index is 1.18. The summed E-state index contributed by atoms with van der Waals surface area (Å²) < 4.78 is 1.41. The number of thiophene rings is 1. The van der Waals surface area contributed by atoms with Gasteiger partial charge in [-0.1, -0.05) is 48.5 Å².